The number of ether oxygens (including phenoxy) is 1. The van der Waals surface area contributed by atoms with Gasteiger partial charge in [0.25, 0.3) is 0 Å². The van der Waals surface area contributed by atoms with Gasteiger partial charge < -0.3 is 14.9 Å². The molecule has 2 N–H and O–H groups in total. The fourth-order valence-electron chi connectivity index (χ4n) is 1.11. The lowest BCUT2D eigenvalue weighted by atomic mass is 10.2. The molecule has 0 aliphatic rings. The van der Waals surface area contributed by atoms with Crippen molar-refractivity contribution in [3.05, 3.63) is 24.2 Å². The van der Waals surface area contributed by atoms with Crippen LogP contribution in [0.3, 0.4) is 0 Å². The van der Waals surface area contributed by atoms with Gasteiger partial charge in [-0.25, -0.2) is 0 Å². The highest BCUT2D eigenvalue weighted by Crippen LogP contribution is 2.07. The van der Waals surface area contributed by atoms with Crippen molar-refractivity contribution in [1.29, 1.82) is 0 Å². The Hall–Kier alpha value is -0.800. The molecule has 1 unspecified atom stereocenters. The molecule has 0 spiro atoms. The van der Waals surface area contributed by atoms with Crippen LogP contribution in [0.2, 0.25) is 0 Å². The molecule has 0 fully saturated rings. The largest absolute Gasteiger partial charge is 0.467 e. The minimum absolute atomic E-state index is 0.258. The van der Waals surface area contributed by atoms with E-state index in [-0.39, 0.29) is 6.10 Å². The van der Waals surface area contributed by atoms with E-state index in [1.165, 1.54) is 0 Å². The van der Waals surface area contributed by atoms with E-state index in [4.69, 9.17) is 14.9 Å². The van der Waals surface area contributed by atoms with Crippen LogP contribution in [-0.2, 0) is 11.3 Å². The summed E-state index contributed by atoms with van der Waals surface area (Å²) in [6, 6.07) is 3.78. The average Bonchev–Trinajstić information content (AvgIpc) is 2.64. The smallest absolute Gasteiger partial charge is 0.129 e. The molecule has 0 saturated heterocycles. The van der Waals surface area contributed by atoms with Crippen LogP contribution < -0.4 is 5.73 Å². The van der Waals surface area contributed by atoms with Crippen molar-refractivity contribution in [3.8, 4) is 0 Å². The van der Waals surface area contributed by atoms with Crippen molar-refractivity contribution in [2.75, 3.05) is 6.54 Å². The molecule has 0 bridgehead atoms. The third-order valence-electron chi connectivity index (χ3n) is 1.90. The normalized spacial score (nSPS) is 13.1. The minimum Gasteiger partial charge on any atom is -0.467 e. The first-order valence-electron chi connectivity index (χ1n) is 4.67. The van der Waals surface area contributed by atoms with E-state index < -0.39 is 0 Å². The van der Waals surface area contributed by atoms with E-state index in [2.05, 4.69) is 6.92 Å². The molecule has 1 heterocycles. The second-order valence-corrected chi connectivity index (χ2v) is 3.13. The molecule has 0 aromatic carbocycles. The molecule has 0 radical (unpaired) electrons. The molecule has 1 atom stereocenters. The predicted molar refractivity (Wildman–Crippen MR) is 51.2 cm³/mol. The van der Waals surface area contributed by atoms with Gasteiger partial charge >= 0.3 is 0 Å². The Morgan fingerprint density at radius 1 is 1.62 bits per heavy atom. The van der Waals surface area contributed by atoms with Gasteiger partial charge in [0.1, 0.15) is 12.4 Å². The molecule has 0 aliphatic heterocycles. The summed E-state index contributed by atoms with van der Waals surface area (Å²) in [5.74, 6) is 0.875. The van der Waals surface area contributed by atoms with Gasteiger partial charge in [0.2, 0.25) is 0 Å². The Balaban J connectivity index is 2.11. The minimum atomic E-state index is 0.258. The van der Waals surface area contributed by atoms with E-state index in [9.17, 15) is 0 Å². The van der Waals surface area contributed by atoms with E-state index in [0.29, 0.717) is 6.61 Å². The summed E-state index contributed by atoms with van der Waals surface area (Å²) in [7, 11) is 0. The maximum absolute atomic E-state index is 5.54. The number of nitrogens with two attached hydrogens (primary N) is 1. The summed E-state index contributed by atoms with van der Waals surface area (Å²) in [4.78, 5) is 0. The molecule has 0 amide bonds. The summed E-state index contributed by atoms with van der Waals surface area (Å²) in [6.07, 6.45) is 3.94. The average molecular weight is 183 g/mol. The number of rotatable bonds is 6. The third kappa shape index (κ3) is 4.10. The summed E-state index contributed by atoms with van der Waals surface area (Å²) in [6.45, 7) is 3.34. The highest BCUT2D eigenvalue weighted by molar-refractivity contribution is 4.96. The fraction of sp³-hybridized carbons (Fsp3) is 0.600. The van der Waals surface area contributed by atoms with Gasteiger partial charge in [-0.3, -0.25) is 0 Å². The Kier molecular flexibility index (Phi) is 4.57. The predicted octanol–water partition coefficient (Wildman–Crippen LogP) is 1.92. The number of furan rings is 1. The molecule has 1 rings (SSSR count). The van der Waals surface area contributed by atoms with Gasteiger partial charge in [-0.15, -0.1) is 0 Å². The number of hydrogen-bond donors (Lipinski definition) is 1. The van der Waals surface area contributed by atoms with Gasteiger partial charge in [0.05, 0.1) is 12.4 Å². The lowest BCUT2D eigenvalue weighted by molar-refractivity contribution is 0.0368. The number of hydrogen-bond acceptors (Lipinski definition) is 3. The van der Waals surface area contributed by atoms with Crippen molar-refractivity contribution >= 4 is 0 Å². The third-order valence-corrected chi connectivity index (χ3v) is 1.90. The van der Waals surface area contributed by atoms with Crippen LogP contribution in [0.5, 0.6) is 0 Å². The Labute approximate surface area is 78.9 Å². The lowest BCUT2D eigenvalue weighted by Gasteiger charge is -2.10. The molecule has 1 aromatic rings. The van der Waals surface area contributed by atoms with Crippen molar-refractivity contribution in [1.82, 2.24) is 0 Å². The summed E-state index contributed by atoms with van der Waals surface area (Å²) in [5, 5.41) is 0. The maximum Gasteiger partial charge on any atom is 0.129 e. The molecule has 0 saturated carbocycles. The summed E-state index contributed by atoms with van der Waals surface area (Å²) >= 11 is 0. The van der Waals surface area contributed by atoms with Crippen LogP contribution in [0.15, 0.2) is 22.8 Å². The Morgan fingerprint density at radius 2 is 2.46 bits per heavy atom. The van der Waals surface area contributed by atoms with Crippen molar-refractivity contribution < 1.29 is 9.15 Å². The van der Waals surface area contributed by atoms with E-state index in [1.807, 2.05) is 12.1 Å². The SMILES string of the molecule is CC(CCCN)OCc1ccco1. The van der Waals surface area contributed by atoms with Crippen molar-refractivity contribution in [2.45, 2.75) is 32.5 Å². The van der Waals surface area contributed by atoms with Gasteiger partial charge in [-0.05, 0) is 38.4 Å². The van der Waals surface area contributed by atoms with Crippen LogP contribution in [0.4, 0.5) is 0 Å². The quantitative estimate of drug-likeness (QED) is 0.733. The molecule has 3 heteroatoms. The van der Waals surface area contributed by atoms with Crippen LogP contribution in [-0.4, -0.2) is 12.6 Å². The van der Waals surface area contributed by atoms with Crippen LogP contribution >= 0.6 is 0 Å². The zero-order valence-corrected chi connectivity index (χ0v) is 8.03. The zero-order chi connectivity index (χ0) is 9.52. The van der Waals surface area contributed by atoms with Crippen molar-refractivity contribution in [2.24, 2.45) is 5.73 Å². The van der Waals surface area contributed by atoms with E-state index in [0.717, 1.165) is 25.1 Å². The summed E-state index contributed by atoms with van der Waals surface area (Å²) < 4.78 is 10.7. The second kappa shape index (κ2) is 5.78. The molecule has 0 aliphatic carbocycles. The first-order valence-corrected chi connectivity index (χ1v) is 4.67. The van der Waals surface area contributed by atoms with E-state index >= 15 is 0 Å². The van der Waals surface area contributed by atoms with Gasteiger partial charge in [0.15, 0.2) is 0 Å². The van der Waals surface area contributed by atoms with Crippen LogP contribution in [0.1, 0.15) is 25.5 Å². The molecule has 3 nitrogen and oxygen atoms in total. The van der Waals surface area contributed by atoms with Gasteiger partial charge in [-0.2, -0.15) is 0 Å². The molecule has 74 valence electrons. The van der Waals surface area contributed by atoms with Crippen LogP contribution in [0.25, 0.3) is 0 Å². The van der Waals surface area contributed by atoms with E-state index in [1.54, 1.807) is 6.26 Å². The Morgan fingerprint density at radius 3 is 3.08 bits per heavy atom. The molecular formula is C10H17NO2. The molecule has 13 heavy (non-hydrogen) atoms. The van der Waals surface area contributed by atoms with Crippen LogP contribution in [0, 0.1) is 0 Å². The van der Waals surface area contributed by atoms with Crippen molar-refractivity contribution in [3.63, 3.8) is 0 Å². The topological polar surface area (TPSA) is 48.4 Å². The second-order valence-electron chi connectivity index (χ2n) is 3.13. The highest BCUT2D eigenvalue weighted by Gasteiger charge is 2.02. The standard InChI is InChI=1S/C10H17NO2/c1-9(4-2-6-11)13-8-10-5-3-7-12-10/h3,5,7,9H,2,4,6,8,11H2,1H3. The maximum atomic E-state index is 5.54. The first kappa shape index (κ1) is 10.3. The lowest BCUT2D eigenvalue weighted by Crippen LogP contribution is -2.10. The monoisotopic (exact) mass is 183 g/mol. The van der Waals surface area contributed by atoms with Gasteiger partial charge in [-0.1, -0.05) is 0 Å². The fourth-order valence-corrected chi connectivity index (χ4v) is 1.11. The Bertz CT molecular complexity index is 209. The molecular weight excluding hydrogens is 166 g/mol. The van der Waals surface area contributed by atoms with Gasteiger partial charge in [0, 0.05) is 0 Å². The molecule has 1 aromatic heterocycles. The highest BCUT2D eigenvalue weighted by atomic mass is 16.5. The first-order chi connectivity index (χ1) is 6.33. The zero-order valence-electron chi connectivity index (χ0n) is 8.03. The summed E-state index contributed by atoms with van der Waals surface area (Å²) in [5.41, 5.74) is 5.39.